The molecule has 1 nitrogen and oxygen atoms in total. The first kappa shape index (κ1) is 21.2. The monoisotopic (exact) mass is 366 g/mol. The zero-order valence-electron chi connectivity index (χ0n) is 17.0. The summed E-state index contributed by atoms with van der Waals surface area (Å²) in [4.78, 5) is 0. The SMILES string of the molecule is CC.CCOc1ccc(C2CCC(C3CCC(C)CC3)CC2)c(F)c1F. The van der Waals surface area contributed by atoms with Crippen LogP contribution >= 0.6 is 0 Å². The molecule has 2 saturated carbocycles. The van der Waals surface area contributed by atoms with Crippen LogP contribution in [-0.2, 0) is 0 Å². The minimum Gasteiger partial charge on any atom is -0.491 e. The molecule has 2 aliphatic rings. The van der Waals surface area contributed by atoms with Crippen molar-refractivity contribution in [3.63, 3.8) is 0 Å². The summed E-state index contributed by atoms with van der Waals surface area (Å²) in [5, 5.41) is 0. The summed E-state index contributed by atoms with van der Waals surface area (Å²) >= 11 is 0. The maximum Gasteiger partial charge on any atom is 0.200 e. The normalized spacial score (nSPS) is 28.8. The topological polar surface area (TPSA) is 9.23 Å². The van der Waals surface area contributed by atoms with E-state index in [4.69, 9.17) is 4.74 Å². The van der Waals surface area contributed by atoms with Gasteiger partial charge in [0.2, 0.25) is 5.82 Å². The van der Waals surface area contributed by atoms with Gasteiger partial charge < -0.3 is 4.74 Å². The molecular formula is C23H36F2O. The number of rotatable bonds is 4. The Hall–Kier alpha value is -1.12. The fourth-order valence-electron chi connectivity index (χ4n) is 4.79. The highest BCUT2D eigenvalue weighted by Gasteiger charge is 2.31. The average molecular weight is 367 g/mol. The van der Waals surface area contributed by atoms with Crippen molar-refractivity contribution < 1.29 is 13.5 Å². The molecule has 148 valence electrons. The number of hydrogen-bond donors (Lipinski definition) is 0. The van der Waals surface area contributed by atoms with Crippen molar-refractivity contribution in [2.45, 2.75) is 85.0 Å². The van der Waals surface area contributed by atoms with E-state index in [0.717, 1.165) is 43.4 Å². The van der Waals surface area contributed by atoms with E-state index in [2.05, 4.69) is 6.92 Å². The van der Waals surface area contributed by atoms with Crippen molar-refractivity contribution >= 4 is 0 Å². The van der Waals surface area contributed by atoms with Crippen LogP contribution in [-0.4, -0.2) is 6.61 Å². The molecular weight excluding hydrogens is 330 g/mol. The molecule has 0 atom stereocenters. The van der Waals surface area contributed by atoms with E-state index in [-0.39, 0.29) is 11.7 Å². The van der Waals surface area contributed by atoms with E-state index in [1.807, 2.05) is 13.8 Å². The number of halogens is 2. The smallest absolute Gasteiger partial charge is 0.200 e. The van der Waals surface area contributed by atoms with Gasteiger partial charge in [-0.25, -0.2) is 4.39 Å². The summed E-state index contributed by atoms with van der Waals surface area (Å²) in [7, 11) is 0. The van der Waals surface area contributed by atoms with Crippen LogP contribution in [0.3, 0.4) is 0 Å². The van der Waals surface area contributed by atoms with Crippen molar-refractivity contribution in [3.05, 3.63) is 29.3 Å². The fourth-order valence-corrected chi connectivity index (χ4v) is 4.79. The zero-order chi connectivity index (χ0) is 19.1. The standard InChI is InChI=1S/C21H30F2O.C2H6/c1-3-24-19-13-12-18(20(22)21(19)23)17-10-8-16(9-11-17)15-6-4-14(2)5-7-15;1-2/h12-17H,3-11H2,1-2H3;1-2H3. The molecule has 0 radical (unpaired) electrons. The summed E-state index contributed by atoms with van der Waals surface area (Å²) in [6, 6.07) is 3.32. The van der Waals surface area contributed by atoms with Gasteiger partial charge in [-0.1, -0.05) is 39.7 Å². The largest absolute Gasteiger partial charge is 0.491 e. The number of benzene rings is 1. The summed E-state index contributed by atoms with van der Waals surface area (Å²) in [6.07, 6.45) is 9.76. The molecule has 0 aromatic heterocycles. The van der Waals surface area contributed by atoms with E-state index in [0.29, 0.717) is 12.2 Å². The van der Waals surface area contributed by atoms with Crippen molar-refractivity contribution in [2.24, 2.45) is 17.8 Å². The molecule has 0 amide bonds. The van der Waals surface area contributed by atoms with E-state index in [1.54, 1.807) is 19.1 Å². The van der Waals surface area contributed by atoms with Gasteiger partial charge >= 0.3 is 0 Å². The van der Waals surface area contributed by atoms with Crippen LogP contribution < -0.4 is 4.74 Å². The van der Waals surface area contributed by atoms with Gasteiger partial charge in [0.25, 0.3) is 0 Å². The van der Waals surface area contributed by atoms with Crippen molar-refractivity contribution in [3.8, 4) is 5.75 Å². The van der Waals surface area contributed by atoms with Crippen molar-refractivity contribution in [1.82, 2.24) is 0 Å². The van der Waals surface area contributed by atoms with Crippen LogP contribution in [0.25, 0.3) is 0 Å². The molecule has 0 saturated heterocycles. The molecule has 0 aliphatic heterocycles. The van der Waals surface area contributed by atoms with Crippen LogP contribution in [0.1, 0.15) is 90.5 Å². The highest BCUT2D eigenvalue weighted by molar-refractivity contribution is 5.33. The second-order valence-corrected chi connectivity index (χ2v) is 7.85. The van der Waals surface area contributed by atoms with Gasteiger partial charge in [-0.3, -0.25) is 0 Å². The third kappa shape index (κ3) is 4.98. The molecule has 0 bridgehead atoms. The second kappa shape index (κ2) is 10.3. The van der Waals surface area contributed by atoms with Gasteiger partial charge in [0.1, 0.15) is 0 Å². The third-order valence-corrected chi connectivity index (χ3v) is 6.32. The van der Waals surface area contributed by atoms with Gasteiger partial charge in [-0.05, 0) is 80.8 Å². The van der Waals surface area contributed by atoms with Gasteiger partial charge in [0.15, 0.2) is 11.6 Å². The van der Waals surface area contributed by atoms with E-state index < -0.39 is 11.6 Å². The Balaban J connectivity index is 0.00000117. The Labute approximate surface area is 158 Å². The summed E-state index contributed by atoms with van der Waals surface area (Å²) in [5.41, 5.74) is 0.548. The number of hydrogen-bond acceptors (Lipinski definition) is 1. The first-order chi connectivity index (χ1) is 12.6. The molecule has 2 fully saturated rings. The average Bonchev–Trinajstić information content (AvgIpc) is 2.68. The van der Waals surface area contributed by atoms with Gasteiger partial charge in [0.05, 0.1) is 6.61 Å². The molecule has 0 unspecified atom stereocenters. The number of ether oxygens (including phenoxy) is 1. The quantitative estimate of drug-likeness (QED) is 0.536. The molecule has 1 aromatic rings. The predicted octanol–water partition coefficient (Wildman–Crippen LogP) is 7.49. The Bertz CT molecular complexity index is 541. The summed E-state index contributed by atoms with van der Waals surface area (Å²) in [5.74, 6) is 1.22. The van der Waals surface area contributed by atoms with Crippen molar-refractivity contribution in [2.75, 3.05) is 6.61 Å². The van der Waals surface area contributed by atoms with Crippen LogP contribution in [0.15, 0.2) is 12.1 Å². The molecule has 3 rings (SSSR count). The predicted molar refractivity (Wildman–Crippen MR) is 105 cm³/mol. The minimum atomic E-state index is -0.822. The third-order valence-electron chi connectivity index (χ3n) is 6.32. The van der Waals surface area contributed by atoms with Gasteiger partial charge in [0, 0.05) is 0 Å². The highest BCUT2D eigenvalue weighted by atomic mass is 19.2. The lowest BCUT2D eigenvalue weighted by Crippen LogP contribution is -2.25. The second-order valence-electron chi connectivity index (χ2n) is 7.85. The zero-order valence-corrected chi connectivity index (χ0v) is 17.0. The maximum absolute atomic E-state index is 14.4. The van der Waals surface area contributed by atoms with Crippen molar-refractivity contribution in [1.29, 1.82) is 0 Å². The van der Waals surface area contributed by atoms with Crippen LogP contribution in [0.5, 0.6) is 5.75 Å². The van der Waals surface area contributed by atoms with E-state index in [9.17, 15) is 8.78 Å². The minimum absolute atomic E-state index is 0.0313. The Kier molecular flexibility index (Phi) is 8.37. The Morgan fingerprint density at radius 2 is 1.38 bits per heavy atom. The summed E-state index contributed by atoms with van der Waals surface area (Å²) in [6.45, 7) is 8.48. The lowest BCUT2D eigenvalue weighted by atomic mass is 9.68. The van der Waals surface area contributed by atoms with Gasteiger partial charge in [-0.15, -0.1) is 0 Å². The first-order valence-corrected chi connectivity index (χ1v) is 10.7. The molecule has 2 aliphatic carbocycles. The first-order valence-electron chi connectivity index (χ1n) is 10.7. The van der Waals surface area contributed by atoms with Gasteiger partial charge in [-0.2, -0.15) is 4.39 Å². The Morgan fingerprint density at radius 1 is 0.846 bits per heavy atom. The lowest BCUT2D eigenvalue weighted by molar-refractivity contribution is 0.164. The maximum atomic E-state index is 14.4. The molecule has 26 heavy (non-hydrogen) atoms. The van der Waals surface area contributed by atoms with Crippen LogP contribution in [0.2, 0.25) is 0 Å². The molecule has 0 spiro atoms. The van der Waals surface area contributed by atoms with Crippen LogP contribution in [0, 0.1) is 29.4 Å². The highest BCUT2D eigenvalue weighted by Crippen LogP contribution is 2.44. The molecule has 0 heterocycles. The summed E-state index contributed by atoms with van der Waals surface area (Å²) < 4.78 is 33.7. The van der Waals surface area contributed by atoms with E-state index >= 15 is 0 Å². The lowest BCUT2D eigenvalue weighted by Gasteiger charge is -2.37. The Morgan fingerprint density at radius 3 is 1.92 bits per heavy atom. The molecule has 3 heteroatoms. The van der Waals surface area contributed by atoms with E-state index in [1.165, 1.54) is 25.7 Å². The molecule has 0 N–H and O–H groups in total. The van der Waals surface area contributed by atoms with Crippen LogP contribution in [0.4, 0.5) is 8.78 Å². The molecule has 1 aromatic carbocycles. The fraction of sp³-hybridized carbons (Fsp3) is 0.739.